The van der Waals surface area contributed by atoms with E-state index in [2.05, 4.69) is 45.6 Å². The van der Waals surface area contributed by atoms with Crippen LogP contribution in [0.2, 0.25) is 0 Å². The van der Waals surface area contributed by atoms with Gasteiger partial charge in [-0.15, -0.1) is 5.10 Å². The van der Waals surface area contributed by atoms with Gasteiger partial charge in [-0.05, 0) is 54.2 Å². The Morgan fingerprint density at radius 1 is 1.22 bits per heavy atom. The number of amides is 1. The van der Waals surface area contributed by atoms with Gasteiger partial charge in [-0.25, -0.2) is 9.78 Å². The molecule has 4 heterocycles. The van der Waals surface area contributed by atoms with Crippen molar-refractivity contribution in [1.82, 2.24) is 20.1 Å². The zero-order chi connectivity index (χ0) is 26.1. The van der Waals surface area contributed by atoms with Crippen LogP contribution in [0.4, 0.5) is 6.01 Å². The molecule has 2 aliphatic heterocycles. The zero-order valence-electron chi connectivity index (χ0n) is 21.4. The number of aromatic nitrogens is 3. The summed E-state index contributed by atoms with van der Waals surface area (Å²) in [5, 5.41) is 23.2. The highest BCUT2D eigenvalue weighted by atomic mass is 16.5. The molecule has 3 aromatic rings. The van der Waals surface area contributed by atoms with Crippen LogP contribution in [-0.2, 0) is 28.9 Å². The molecule has 0 saturated carbocycles. The van der Waals surface area contributed by atoms with E-state index in [4.69, 9.17) is 9.15 Å². The zero-order valence-corrected chi connectivity index (χ0v) is 21.4. The molecule has 0 unspecified atom stereocenters. The monoisotopic (exact) mass is 507 g/mol. The van der Waals surface area contributed by atoms with Crippen LogP contribution in [0.5, 0.6) is 5.88 Å². The van der Waals surface area contributed by atoms with E-state index in [-0.39, 0.29) is 30.8 Å². The van der Waals surface area contributed by atoms with Crippen LogP contribution in [0.25, 0.3) is 10.8 Å². The van der Waals surface area contributed by atoms with E-state index in [9.17, 15) is 14.7 Å². The molecular weight excluding hydrogens is 474 g/mol. The molecule has 37 heavy (non-hydrogen) atoms. The maximum atomic E-state index is 13.6. The Morgan fingerprint density at radius 2 is 2.03 bits per heavy atom. The van der Waals surface area contributed by atoms with Crippen molar-refractivity contribution in [2.75, 3.05) is 11.9 Å². The maximum absolute atomic E-state index is 13.6. The number of aliphatic carboxylic acids is 1. The Kier molecular flexibility index (Phi) is 6.99. The van der Waals surface area contributed by atoms with Gasteiger partial charge in [0.2, 0.25) is 17.7 Å². The van der Waals surface area contributed by atoms with Gasteiger partial charge < -0.3 is 24.5 Å². The molecule has 5 rings (SSSR count). The minimum atomic E-state index is -1.06. The third-order valence-electron chi connectivity index (χ3n) is 7.27. The number of hydrogen-bond acceptors (Lipinski definition) is 8. The smallest absolute Gasteiger partial charge is 0.326 e. The Labute approximate surface area is 215 Å². The fourth-order valence-corrected chi connectivity index (χ4v) is 5.22. The number of hydrogen-bond donors (Lipinski definition) is 2. The first-order chi connectivity index (χ1) is 17.8. The van der Waals surface area contributed by atoms with Crippen LogP contribution >= 0.6 is 0 Å². The van der Waals surface area contributed by atoms with Crippen LogP contribution in [0.3, 0.4) is 0 Å². The van der Waals surface area contributed by atoms with E-state index in [0.717, 1.165) is 42.0 Å². The number of nitrogens with one attached hydrogen (secondary N) is 1. The first-order valence-corrected chi connectivity index (χ1v) is 13.0. The molecule has 2 aliphatic rings. The molecule has 2 N–H and O–H groups in total. The van der Waals surface area contributed by atoms with E-state index in [1.165, 1.54) is 10.5 Å². The molecule has 196 valence electrons. The summed E-state index contributed by atoms with van der Waals surface area (Å²) in [7, 11) is 0. The van der Waals surface area contributed by atoms with Crippen molar-refractivity contribution in [3.05, 3.63) is 41.4 Å². The lowest BCUT2D eigenvalue weighted by molar-refractivity contribution is -0.148. The minimum Gasteiger partial charge on any atom is -0.480 e. The number of pyridine rings is 1. The molecule has 1 fully saturated rings. The Bertz CT molecular complexity index is 1310. The molecule has 6 bridgehead atoms. The van der Waals surface area contributed by atoms with Gasteiger partial charge in [-0.2, -0.15) is 0 Å². The van der Waals surface area contributed by atoms with Crippen molar-refractivity contribution < 1.29 is 23.8 Å². The average Bonchev–Trinajstić information content (AvgIpc) is 3.51. The quantitative estimate of drug-likeness (QED) is 0.546. The van der Waals surface area contributed by atoms with Gasteiger partial charge in [-0.1, -0.05) is 38.0 Å². The molecule has 1 amide bonds. The molecule has 3 atom stereocenters. The molecule has 10 heteroatoms. The highest BCUT2D eigenvalue weighted by Crippen LogP contribution is 2.32. The number of carboxylic acid groups (broad SMARTS) is 1. The Balaban J connectivity index is 1.54. The molecule has 2 aromatic heterocycles. The summed E-state index contributed by atoms with van der Waals surface area (Å²) in [6.07, 6.45) is 5.67. The topological polar surface area (TPSA) is 131 Å². The first-order valence-electron chi connectivity index (χ1n) is 13.0. The third kappa shape index (κ3) is 5.10. The minimum absolute atomic E-state index is 0.145. The van der Waals surface area contributed by atoms with Crippen LogP contribution in [0.15, 0.2) is 28.8 Å². The van der Waals surface area contributed by atoms with Gasteiger partial charge in [0.25, 0.3) is 0 Å². The summed E-state index contributed by atoms with van der Waals surface area (Å²) in [5.74, 6) is -0.555. The van der Waals surface area contributed by atoms with Gasteiger partial charge in [0, 0.05) is 24.4 Å². The fraction of sp³-hybridized carbons (Fsp3) is 0.519. The van der Waals surface area contributed by atoms with E-state index in [0.29, 0.717) is 18.2 Å². The summed E-state index contributed by atoms with van der Waals surface area (Å²) in [4.78, 5) is 31.8. The summed E-state index contributed by atoms with van der Waals surface area (Å²) >= 11 is 0. The lowest BCUT2D eigenvalue weighted by Gasteiger charge is -2.28. The Hall–Kier alpha value is -3.69. The van der Waals surface area contributed by atoms with Gasteiger partial charge >= 0.3 is 12.0 Å². The van der Waals surface area contributed by atoms with Crippen molar-refractivity contribution in [3.8, 4) is 5.88 Å². The number of carbonyl (C=O) groups is 2. The fourth-order valence-electron chi connectivity index (χ4n) is 5.22. The van der Waals surface area contributed by atoms with E-state index in [1.807, 2.05) is 20.0 Å². The van der Waals surface area contributed by atoms with Crippen molar-refractivity contribution in [2.45, 2.75) is 77.5 Å². The number of fused-ring (bicyclic) bond motifs is 5. The highest BCUT2D eigenvalue weighted by molar-refractivity contribution is 5.91. The summed E-state index contributed by atoms with van der Waals surface area (Å²) in [5.41, 5.74) is 2.30. The SMILES string of the molecule is CCc1cnc2c3cc(ccc13)CCCCc1nnc(o1)N[C@@H](C(C)C)C(=O)N1C[C@@H](C[C@H]1C(=O)O)O2. The lowest BCUT2D eigenvalue weighted by atomic mass is 10.00. The second-order valence-corrected chi connectivity index (χ2v) is 10.2. The first kappa shape index (κ1) is 25.0. The predicted octanol–water partition coefficient (Wildman–Crippen LogP) is 3.63. The molecule has 0 radical (unpaired) electrons. The van der Waals surface area contributed by atoms with Crippen LogP contribution < -0.4 is 10.1 Å². The van der Waals surface area contributed by atoms with Crippen LogP contribution in [0, 0.1) is 5.92 Å². The van der Waals surface area contributed by atoms with Crippen molar-refractivity contribution in [3.63, 3.8) is 0 Å². The molecule has 10 nitrogen and oxygen atoms in total. The summed E-state index contributed by atoms with van der Waals surface area (Å²) in [6, 6.07) is 4.81. The molecular formula is C27H33N5O5. The Morgan fingerprint density at radius 3 is 2.78 bits per heavy atom. The van der Waals surface area contributed by atoms with E-state index >= 15 is 0 Å². The molecule has 0 aliphatic carbocycles. The number of anilines is 1. The van der Waals surface area contributed by atoms with Gasteiger partial charge in [0.05, 0.1) is 6.54 Å². The van der Waals surface area contributed by atoms with Gasteiger partial charge in [-0.3, -0.25) is 4.79 Å². The number of rotatable bonds is 3. The van der Waals surface area contributed by atoms with E-state index in [1.54, 1.807) is 0 Å². The van der Waals surface area contributed by atoms with Crippen molar-refractivity contribution in [2.24, 2.45) is 5.92 Å². The number of aryl methyl sites for hydroxylation is 3. The normalized spacial score (nSPS) is 22.5. The molecule has 1 saturated heterocycles. The van der Waals surface area contributed by atoms with Crippen molar-refractivity contribution in [1.29, 1.82) is 0 Å². The van der Waals surface area contributed by atoms with Crippen LogP contribution in [0.1, 0.15) is 57.1 Å². The average molecular weight is 508 g/mol. The number of carbonyl (C=O) groups excluding carboxylic acids is 1. The van der Waals surface area contributed by atoms with Gasteiger partial charge in [0.15, 0.2) is 0 Å². The lowest BCUT2D eigenvalue weighted by Crippen LogP contribution is -2.50. The van der Waals surface area contributed by atoms with E-state index < -0.39 is 24.2 Å². The molecule has 1 aromatic carbocycles. The highest BCUT2D eigenvalue weighted by Gasteiger charge is 2.44. The van der Waals surface area contributed by atoms with Crippen molar-refractivity contribution >= 4 is 28.7 Å². The third-order valence-corrected chi connectivity index (χ3v) is 7.27. The summed E-state index contributed by atoms with van der Waals surface area (Å²) < 4.78 is 12.1. The predicted molar refractivity (Wildman–Crippen MR) is 136 cm³/mol. The number of nitrogens with zero attached hydrogens (tertiary/aromatic N) is 4. The number of carboxylic acids is 1. The summed E-state index contributed by atoms with van der Waals surface area (Å²) in [6.45, 7) is 6.02. The maximum Gasteiger partial charge on any atom is 0.326 e. The largest absolute Gasteiger partial charge is 0.480 e. The molecule has 0 spiro atoms. The van der Waals surface area contributed by atoms with Gasteiger partial charge in [0.1, 0.15) is 18.2 Å². The number of ether oxygens (including phenoxy) is 1. The second kappa shape index (κ2) is 10.4. The standard InChI is InChI=1S/C27H33N5O5/c1-4-17-13-28-24-20-11-16(9-10-19(17)20)7-5-6-8-22-30-31-27(37-22)29-23(15(2)3)25(33)32-14-18(36-24)12-21(32)26(34)35/h9-11,13,15,18,21,23H,4-8,12,14H2,1-3H3,(H,29,31)(H,34,35)/t18-,21+,23+/m1/s1. The second-order valence-electron chi connectivity index (χ2n) is 10.2. The number of benzene rings is 1. The van der Waals surface area contributed by atoms with Crippen LogP contribution in [-0.4, -0.2) is 61.8 Å².